The van der Waals surface area contributed by atoms with Crippen LogP contribution in [0.2, 0.25) is 0 Å². The zero-order valence-corrected chi connectivity index (χ0v) is 10.9. The smallest absolute Gasteiger partial charge is 0.129 e. The summed E-state index contributed by atoms with van der Waals surface area (Å²) < 4.78 is 14.1. The molecule has 2 unspecified atom stereocenters. The predicted octanol–water partition coefficient (Wildman–Crippen LogP) is 3.84. The average molecular weight is 236 g/mol. The van der Waals surface area contributed by atoms with E-state index in [9.17, 15) is 9.50 Å². The summed E-state index contributed by atoms with van der Waals surface area (Å²) in [6.45, 7) is 5.91. The second-order valence-electron chi connectivity index (χ2n) is 5.49. The molecule has 0 heterocycles. The summed E-state index contributed by atoms with van der Waals surface area (Å²) in [5.74, 6) is 0.279. The first kappa shape index (κ1) is 12.6. The van der Waals surface area contributed by atoms with Gasteiger partial charge in [0, 0.05) is 5.56 Å². The quantitative estimate of drug-likeness (QED) is 0.827. The molecule has 0 spiro atoms. The molecule has 2 atom stereocenters. The van der Waals surface area contributed by atoms with Gasteiger partial charge in [0.05, 0.1) is 5.60 Å². The van der Waals surface area contributed by atoms with Gasteiger partial charge in [0.2, 0.25) is 0 Å². The van der Waals surface area contributed by atoms with Gasteiger partial charge in [0.15, 0.2) is 0 Å². The second kappa shape index (κ2) is 4.41. The molecule has 1 N–H and O–H groups in total. The van der Waals surface area contributed by atoms with Gasteiger partial charge >= 0.3 is 0 Å². The van der Waals surface area contributed by atoms with Crippen LogP contribution >= 0.6 is 0 Å². The number of aliphatic hydroxyl groups is 1. The van der Waals surface area contributed by atoms with Gasteiger partial charge in [-0.25, -0.2) is 4.39 Å². The van der Waals surface area contributed by atoms with Crippen LogP contribution in [-0.4, -0.2) is 5.11 Å². The molecule has 1 aromatic rings. The maximum atomic E-state index is 14.1. The average Bonchev–Trinajstić information content (AvgIpc) is 2.59. The molecular formula is C15H21FO. The molecule has 0 aromatic heterocycles. The molecule has 0 saturated heterocycles. The van der Waals surface area contributed by atoms with E-state index in [0.717, 1.165) is 24.0 Å². The van der Waals surface area contributed by atoms with Crippen LogP contribution in [0.5, 0.6) is 0 Å². The Morgan fingerprint density at radius 2 is 2.12 bits per heavy atom. The summed E-state index contributed by atoms with van der Waals surface area (Å²) >= 11 is 0. The summed E-state index contributed by atoms with van der Waals surface area (Å²) in [5, 5.41) is 10.7. The third-order valence-corrected chi connectivity index (χ3v) is 4.07. The van der Waals surface area contributed by atoms with Gasteiger partial charge in [-0.3, -0.25) is 0 Å². The second-order valence-corrected chi connectivity index (χ2v) is 5.49. The van der Waals surface area contributed by atoms with Crippen molar-refractivity contribution in [3.05, 3.63) is 34.6 Å². The van der Waals surface area contributed by atoms with Crippen molar-refractivity contribution in [1.82, 2.24) is 0 Å². The van der Waals surface area contributed by atoms with E-state index in [-0.39, 0.29) is 5.82 Å². The fraction of sp³-hybridized carbons (Fsp3) is 0.600. The molecule has 2 rings (SSSR count). The van der Waals surface area contributed by atoms with Crippen molar-refractivity contribution in [3.63, 3.8) is 0 Å². The maximum absolute atomic E-state index is 14.1. The molecule has 0 radical (unpaired) electrons. The van der Waals surface area contributed by atoms with Crippen molar-refractivity contribution in [3.8, 4) is 0 Å². The molecule has 1 aliphatic carbocycles. The van der Waals surface area contributed by atoms with Crippen LogP contribution in [-0.2, 0) is 5.60 Å². The van der Waals surface area contributed by atoms with Crippen LogP contribution in [0, 0.1) is 25.6 Å². The Morgan fingerprint density at radius 3 is 2.65 bits per heavy atom. The van der Waals surface area contributed by atoms with E-state index in [1.165, 1.54) is 6.07 Å². The molecule has 1 aliphatic rings. The number of benzene rings is 1. The van der Waals surface area contributed by atoms with Crippen molar-refractivity contribution in [2.24, 2.45) is 5.92 Å². The lowest BCUT2D eigenvalue weighted by Gasteiger charge is -2.26. The Morgan fingerprint density at radius 1 is 1.41 bits per heavy atom. The summed E-state index contributed by atoms with van der Waals surface area (Å²) in [4.78, 5) is 0. The number of halogens is 1. The van der Waals surface area contributed by atoms with E-state index in [2.05, 4.69) is 6.92 Å². The van der Waals surface area contributed by atoms with E-state index in [0.29, 0.717) is 24.3 Å². The van der Waals surface area contributed by atoms with Crippen LogP contribution in [0.4, 0.5) is 4.39 Å². The minimum Gasteiger partial charge on any atom is -0.385 e. The summed E-state index contributed by atoms with van der Waals surface area (Å²) in [6, 6.07) is 3.48. The first-order valence-corrected chi connectivity index (χ1v) is 6.46. The van der Waals surface area contributed by atoms with Crippen molar-refractivity contribution >= 4 is 0 Å². The highest BCUT2D eigenvalue weighted by Crippen LogP contribution is 2.45. The maximum Gasteiger partial charge on any atom is 0.129 e. The Labute approximate surface area is 103 Å². The Balaban J connectivity index is 2.41. The topological polar surface area (TPSA) is 20.2 Å². The molecule has 1 nitrogen and oxygen atoms in total. The lowest BCUT2D eigenvalue weighted by molar-refractivity contribution is 0.0355. The summed E-state index contributed by atoms with van der Waals surface area (Å²) in [5.41, 5.74) is 1.38. The number of hydrogen-bond acceptors (Lipinski definition) is 1. The van der Waals surface area contributed by atoms with Gasteiger partial charge in [-0.1, -0.05) is 19.4 Å². The molecule has 0 aliphatic heterocycles. The fourth-order valence-electron chi connectivity index (χ4n) is 3.21. The molecule has 1 fully saturated rings. The van der Waals surface area contributed by atoms with Crippen LogP contribution < -0.4 is 0 Å². The zero-order valence-electron chi connectivity index (χ0n) is 10.9. The monoisotopic (exact) mass is 236 g/mol. The Bertz CT molecular complexity index is 404. The molecule has 94 valence electrons. The van der Waals surface area contributed by atoms with Crippen LogP contribution in [0.15, 0.2) is 12.1 Å². The third-order valence-electron chi connectivity index (χ3n) is 4.07. The van der Waals surface area contributed by atoms with Crippen LogP contribution in [0.1, 0.15) is 49.3 Å². The van der Waals surface area contributed by atoms with Crippen LogP contribution in [0.3, 0.4) is 0 Å². The fourth-order valence-corrected chi connectivity index (χ4v) is 3.21. The first-order chi connectivity index (χ1) is 7.96. The number of hydrogen-bond donors (Lipinski definition) is 1. The minimum absolute atomic E-state index is 0.248. The third kappa shape index (κ3) is 2.23. The lowest BCUT2D eigenvalue weighted by atomic mass is 9.86. The van der Waals surface area contributed by atoms with Crippen molar-refractivity contribution in [1.29, 1.82) is 0 Å². The minimum atomic E-state index is -0.942. The van der Waals surface area contributed by atoms with E-state index < -0.39 is 5.60 Å². The van der Waals surface area contributed by atoms with E-state index in [4.69, 9.17) is 0 Å². The van der Waals surface area contributed by atoms with Crippen molar-refractivity contribution in [2.75, 3.05) is 0 Å². The van der Waals surface area contributed by atoms with Crippen LogP contribution in [0.25, 0.3) is 0 Å². The molecule has 0 amide bonds. The molecule has 1 aromatic carbocycles. The Kier molecular flexibility index (Phi) is 3.26. The molecule has 1 saturated carbocycles. The number of aryl methyl sites for hydroxylation is 2. The zero-order chi connectivity index (χ0) is 12.6. The van der Waals surface area contributed by atoms with Gasteiger partial charge in [0.25, 0.3) is 0 Å². The predicted molar refractivity (Wildman–Crippen MR) is 67.4 cm³/mol. The summed E-state index contributed by atoms with van der Waals surface area (Å²) in [6.07, 6.45) is 3.45. The normalized spacial score (nSPS) is 28.6. The molecule has 0 bridgehead atoms. The van der Waals surface area contributed by atoms with E-state index in [1.807, 2.05) is 19.9 Å². The Hall–Kier alpha value is -0.890. The highest BCUT2D eigenvalue weighted by atomic mass is 19.1. The van der Waals surface area contributed by atoms with E-state index >= 15 is 0 Å². The number of rotatable bonds is 2. The van der Waals surface area contributed by atoms with Crippen molar-refractivity contribution < 1.29 is 9.50 Å². The summed E-state index contributed by atoms with van der Waals surface area (Å²) in [7, 11) is 0. The lowest BCUT2D eigenvalue weighted by Crippen LogP contribution is -2.25. The van der Waals surface area contributed by atoms with Gasteiger partial charge in [-0.05, 0) is 56.2 Å². The van der Waals surface area contributed by atoms with Crippen molar-refractivity contribution in [2.45, 2.75) is 52.1 Å². The standard InChI is InChI=1S/C15H21FO/c1-4-12-5-6-15(17,9-12)14-11(3)7-10(2)8-13(14)16/h7-8,12,17H,4-6,9H2,1-3H3. The highest BCUT2D eigenvalue weighted by molar-refractivity contribution is 5.37. The van der Waals surface area contributed by atoms with Gasteiger partial charge in [-0.15, -0.1) is 0 Å². The molecular weight excluding hydrogens is 215 g/mol. The molecule has 17 heavy (non-hydrogen) atoms. The van der Waals surface area contributed by atoms with Gasteiger partial charge in [0.1, 0.15) is 5.82 Å². The highest BCUT2D eigenvalue weighted by Gasteiger charge is 2.40. The van der Waals surface area contributed by atoms with Gasteiger partial charge in [-0.2, -0.15) is 0 Å². The van der Waals surface area contributed by atoms with Gasteiger partial charge < -0.3 is 5.11 Å². The first-order valence-electron chi connectivity index (χ1n) is 6.46. The molecule has 2 heteroatoms. The SMILES string of the molecule is CCC1CCC(O)(c2c(C)cc(C)cc2F)C1. The van der Waals surface area contributed by atoms with E-state index in [1.54, 1.807) is 0 Å². The largest absolute Gasteiger partial charge is 0.385 e.